The number of nitrogens with zero attached hydrogens (tertiary/aromatic N) is 2. The fourth-order valence-electron chi connectivity index (χ4n) is 1.89. The van der Waals surface area contributed by atoms with E-state index < -0.39 is 6.04 Å². The Labute approximate surface area is 113 Å². The molecule has 1 aliphatic heterocycles. The summed E-state index contributed by atoms with van der Waals surface area (Å²) in [6, 6.07) is -0.441. The van der Waals surface area contributed by atoms with Gasteiger partial charge < -0.3 is 15.6 Å². The predicted molar refractivity (Wildman–Crippen MR) is 70.6 cm³/mol. The first-order valence-corrected chi connectivity index (χ1v) is 5.29. The summed E-state index contributed by atoms with van der Waals surface area (Å²) < 4.78 is 0. The van der Waals surface area contributed by atoms with Gasteiger partial charge in [0, 0.05) is 31.4 Å². The number of carbonyl (C=O) groups is 1. The third kappa shape index (κ3) is 4.18. The molecule has 5 nitrogen and oxygen atoms in total. The van der Waals surface area contributed by atoms with Gasteiger partial charge in [-0.3, -0.25) is 4.79 Å². The quantitative estimate of drug-likeness (QED) is 0.858. The molecule has 0 aromatic carbocycles. The summed E-state index contributed by atoms with van der Waals surface area (Å²) in [6.45, 7) is 1.71. The van der Waals surface area contributed by atoms with Crippen molar-refractivity contribution in [3.63, 3.8) is 0 Å². The van der Waals surface area contributed by atoms with Gasteiger partial charge in [0.2, 0.25) is 5.91 Å². The number of aromatic nitrogens is 2. The van der Waals surface area contributed by atoms with E-state index in [2.05, 4.69) is 9.97 Å². The number of rotatable bonds is 3. The van der Waals surface area contributed by atoms with E-state index in [0.717, 1.165) is 31.6 Å². The van der Waals surface area contributed by atoms with Crippen LogP contribution in [0, 0.1) is 0 Å². The van der Waals surface area contributed by atoms with E-state index in [-0.39, 0.29) is 30.7 Å². The van der Waals surface area contributed by atoms with E-state index in [1.165, 1.54) is 0 Å². The first-order chi connectivity index (χ1) is 7.27. The summed E-state index contributed by atoms with van der Waals surface area (Å²) in [6.07, 6.45) is 6.04. The van der Waals surface area contributed by atoms with Crippen molar-refractivity contribution in [3.05, 3.63) is 18.2 Å². The molecule has 0 bridgehead atoms. The smallest absolute Gasteiger partial charge is 0.239 e. The number of carbonyl (C=O) groups excluding carboxylic acids is 1. The predicted octanol–water partition coefficient (Wildman–Crippen LogP) is 0.745. The zero-order valence-corrected chi connectivity index (χ0v) is 11.1. The minimum absolute atomic E-state index is 0. The maximum atomic E-state index is 11.8. The molecule has 98 valence electrons. The number of hydrogen-bond acceptors (Lipinski definition) is 3. The SMILES string of the molecule is Cl.Cl.N[C@@H](Cc1cnc[nH]1)C(=O)N1CCCC1. The van der Waals surface area contributed by atoms with Crippen molar-refractivity contribution in [3.8, 4) is 0 Å². The zero-order chi connectivity index (χ0) is 10.7. The van der Waals surface area contributed by atoms with Crippen molar-refractivity contribution in [1.82, 2.24) is 14.9 Å². The van der Waals surface area contributed by atoms with Crippen LogP contribution < -0.4 is 5.73 Å². The Balaban J connectivity index is 0.00000128. The highest BCUT2D eigenvalue weighted by Crippen LogP contribution is 2.09. The Bertz CT molecular complexity index is 325. The lowest BCUT2D eigenvalue weighted by Crippen LogP contribution is -2.43. The van der Waals surface area contributed by atoms with Gasteiger partial charge in [-0.1, -0.05) is 0 Å². The highest BCUT2D eigenvalue weighted by Gasteiger charge is 2.23. The molecular formula is C10H18Cl2N4O. The third-order valence-corrected chi connectivity index (χ3v) is 2.73. The Morgan fingerprint density at radius 1 is 1.47 bits per heavy atom. The molecular weight excluding hydrogens is 263 g/mol. The van der Waals surface area contributed by atoms with Gasteiger partial charge in [-0.05, 0) is 12.8 Å². The molecule has 0 radical (unpaired) electrons. The van der Waals surface area contributed by atoms with Gasteiger partial charge in [0.05, 0.1) is 12.4 Å². The fraction of sp³-hybridized carbons (Fsp3) is 0.600. The molecule has 1 amide bonds. The largest absolute Gasteiger partial charge is 0.348 e. The minimum atomic E-state index is -0.441. The van der Waals surface area contributed by atoms with Gasteiger partial charge in [0.1, 0.15) is 0 Å². The second-order valence-electron chi connectivity index (χ2n) is 3.92. The number of amides is 1. The number of hydrogen-bond donors (Lipinski definition) is 2. The van der Waals surface area contributed by atoms with Crippen LogP contribution in [0.3, 0.4) is 0 Å². The minimum Gasteiger partial charge on any atom is -0.348 e. The number of nitrogens with one attached hydrogen (secondary N) is 1. The molecule has 0 saturated carbocycles. The molecule has 17 heavy (non-hydrogen) atoms. The summed E-state index contributed by atoms with van der Waals surface area (Å²) in [4.78, 5) is 20.5. The first-order valence-electron chi connectivity index (χ1n) is 5.29. The monoisotopic (exact) mass is 280 g/mol. The number of aromatic amines is 1. The van der Waals surface area contributed by atoms with E-state index in [0.29, 0.717) is 6.42 Å². The van der Waals surface area contributed by atoms with Gasteiger partial charge in [-0.15, -0.1) is 24.8 Å². The Kier molecular flexibility index (Phi) is 7.18. The molecule has 3 N–H and O–H groups in total. The lowest BCUT2D eigenvalue weighted by Gasteiger charge is -2.19. The van der Waals surface area contributed by atoms with Crippen LogP contribution in [0.25, 0.3) is 0 Å². The summed E-state index contributed by atoms with van der Waals surface area (Å²) in [5.41, 5.74) is 6.76. The van der Waals surface area contributed by atoms with Crippen molar-refractivity contribution in [2.75, 3.05) is 13.1 Å². The molecule has 2 rings (SSSR count). The summed E-state index contributed by atoms with van der Waals surface area (Å²) in [7, 11) is 0. The van der Waals surface area contributed by atoms with Crippen LogP contribution in [0.5, 0.6) is 0 Å². The number of H-pyrrole nitrogens is 1. The molecule has 1 atom stereocenters. The van der Waals surface area contributed by atoms with Gasteiger partial charge in [-0.2, -0.15) is 0 Å². The molecule has 1 aromatic rings. The molecule has 1 saturated heterocycles. The van der Waals surface area contributed by atoms with E-state index in [4.69, 9.17) is 5.73 Å². The van der Waals surface area contributed by atoms with E-state index in [1.807, 2.05) is 4.90 Å². The topological polar surface area (TPSA) is 75.0 Å². The average molecular weight is 281 g/mol. The average Bonchev–Trinajstić information content (AvgIpc) is 2.88. The van der Waals surface area contributed by atoms with Crippen LogP contribution in [-0.2, 0) is 11.2 Å². The standard InChI is InChI=1S/C10H16N4O.2ClH/c11-9(5-8-6-12-7-13-8)10(15)14-3-1-2-4-14;;/h6-7,9H,1-5,11H2,(H,12,13);2*1H/t9-;;/m0../s1. The Morgan fingerprint density at radius 3 is 2.65 bits per heavy atom. The van der Waals surface area contributed by atoms with E-state index >= 15 is 0 Å². The maximum Gasteiger partial charge on any atom is 0.239 e. The van der Waals surface area contributed by atoms with Gasteiger partial charge >= 0.3 is 0 Å². The van der Waals surface area contributed by atoms with Crippen LogP contribution in [0.4, 0.5) is 0 Å². The molecule has 0 unspecified atom stereocenters. The van der Waals surface area contributed by atoms with Crippen molar-refractivity contribution in [1.29, 1.82) is 0 Å². The normalized spacial score (nSPS) is 15.9. The molecule has 1 aliphatic rings. The van der Waals surface area contributed by atoms with Gasteiger partial charge in [0.15, 0.2) is 0 Å². The molecule has 0 aliphatic carbocycles. The van der Waals surface area contributed by atoms with E-state index in [9.17, 15) is 4.79 Å². The highest BCUT2D eigenvalue weighted by atomic mass is 35.5. The first kappa shape index (κ1) is 16.2. The number of imidazole rings is 1. The molecule has 2 heterocycles. The second-order valence-corrected chi connectivity index (χ2v) is 3.92. The van der Waals surface area contributed by atoms with Crippen molar-refractivity contribution in [2.24, 2.45) is 5.73 Å². The maximum absolute atomic E-state index is 11.8. The van der Waals surface area contributed by atoms with Gasteiger partial charge in [0.25, 0.3) is 0 Å². The summed E-state index contributed by atoms with van der Waals surface area (Å²) in [5.74, 6) is 0.0575. The van der Waals surface area contributed by atoms with Crippen LogP contribution in [0.15, 0.2) is 12.5 Å². The Hall–Kier alpha value is -0.780. The zero-order valence-electron chi connectivity index (χ0n) is 9.46. The van der Waals surface area contributed by atoms with Crippen LogP contribution >= 0.6 is 24.8 Å². The van der Waals surface area contributed by atoms with Gasteiger partial charge in [-0.25, -0.2) is 4.98 Å². The Morgan fingerprint density at radius 2 is 2.12 bits per heavy atom. The molecule has 1 aromatic heterocycles. The fourth-order valence-corrected chi connectivity index (χ4v) is 1.89. The van der Waals surface area contributed by atoms with Crippen LogP contribution in [0.2, 0.25) is 0 Å². The number of nitrogens with two attached hydrogens (primary N) is 1. The van der Waals surface area contributed by atoms with E-state index in [1.54, 1.807) is 12.5 Å². The number of halogens is 2. The third-order valence-electron chi connectivity index (χ3n) is 2.73. The van der Waals surface area contributed by atoms with Crippen molar-refractivity contribution < 1.29 is 4.79 Å². The molecule has 0 spiro atoms. The van der Waals surface area contributed by atoms with Crippen molar-refractivity contribution >= 4 is 30.7 Å². The van der Waals surface area contributed by atoms with Crippen LogP contribution in [0.1, 0.15) is 18.5 Å². The highest BCUT2D eigenvalue weighted by molar-refractivity contribution is 5.85. The lowest BCUT2D eigenvalue weighted by atomic mass is 10.1. The van der Waals surface area contributed by atoms with Crippen molar-refractivity contribution in [2.45, 2.75) is 25.3 Å². The summed E-state index contributed by atoms with van der Waals surface area (Å²) in [5, 5.41) is 0. The second kappa shape index (κ2) is 7.53. The molecule has 1 fully saturated rings. The molecule has 7 heteroatoms. The lowest BCUT2D eigenvalue weighted by molar-refractivity contribution is -0.131. The number of likely N-dealkylation sites (tertiary alicyclic amines) is 1. The van der Waals surface area contributed by atoms with Crippen LogP contribution in [-0.4, -0.2) is 39.9 Å². The summed E-state index contributed by atoms with van der Waals surface area (Å²) >= 11 is 0.